The lowest BCUT2D eigenvalue weighted by atomic mass is 9.63. The highest BCUT2D eigenvalue weighted by molar-refractivity contribution is 6.30. The van der Waals surface area contributed by atoms with E-state index in [-0.39, 0.29) is 0 Å². The minimum atomic E-state index is -1.02. The van der Waals surface area contributed by atoms with Gasteiger partial charge in [0.25, 0.3) is 6.29 Å². The van der Waals surface area contributed by atoms with Crippen LogP contribution in [-0.2, 0) is 15.1 Å². The van der Waals surface area contributed by atoms with Gasteiger partial charge in [-0.05, 0) is 55.7 Å². The van der Waals surface area contributed by atoms with E-state index in [0.717, 1.165) is 31.2 Å². The van der Waals surface area contributed by atoms with Crippen LogP contribution in [0.1, 0.15) is 69.8 Å². The number of amides is 1. The summed E-state index contributed by atoms with van der Waals surface area (Å²) in [6, 6.07) is 5.68. The first-order valence-electron chi connectivity index (χ1n) is 10.3. The molecular formula is C21H29ClN2O3. The van der Waals surface area contributed by atoms with Crippen molar-refractivity contribution in [3.8, 4) is 5.75 Å². The summed E-state index contributed by atoms with van der Waals surface area (Å²) in [4.78, 5) is 12.4. The molecule has 0 bridgehead atoms. The first-order chi connectivity index (χ1) is 13.1. The van der Waals surface area contributed by atoms with E-state index in [1.807, 2.05) is 18.2 Å². The first kappa shape index (κ1) is 19.0. The van der Waals surface area contributed by atoms with Crippen LogP contribution in [0.25, 0.3) is 0 Å². The molecule has 1 heterocycles. The summed E-state index contributed by atoms with van der Waals surface area (Å²) in [5, 5.41) is 0.679. The van der Waals surface area contributed by atoms with Crippen molar-refractivity contribution >= 4 is 17.5 Å². The van der Waals surface area contributed by atoms with E-state index in [1.165, 1.54) is 38.5 Å². The van der Waals surface area contributed by atoms with Gasteiger partial charge in [0.1, 0.15) is 11.4 Å². The quantitative estimate of drug-likeness (QED) is 0.453. The van der Waals surface area contributed by atoms with E-state index in [4.69, 9.17) is 26.9 Å². The molecule has 1 unspecified atom stereocenters. The number of hydrogen-bond acceptors (Lipinski definition) is 4. The summed E-state index contributed by atoms with van der Waals surface area (Å²) in [6.45, 7) is 0. The summed E-state index contributed by atoms with van der Waals surface area (Å²) in [7, 11) is 0. The molecule has 1 aromatic carbocycles. The largest absolute Gasteiger partial charge is 0.455 e. The molecule has 3 aliphatic rings. The van der Waals surface area contributed by atoms with Crippen LogP contribution in [0.3, 0.4) is 0 Å². The summed E-state index contributed by atoms with van der Waals surface area (Å²) in [6.07, 6.45) is 10.8. The topological polar surface area (TPSA) is 73.6 Å². The van der Waals surface area contributed by atoms with Gasteiger partial charge in [0.05, 0.1) is 0 Å². The highest BCUT2D eigenvalue weighted by Crippen LogP contribution is 2.56. The highest BCUT2D eigenvalue weighted by atomic mass is 35.5. The lowest BCUT2D eigenvalue weighted by molar-refractivity contribution is -0.244. The van der Waals surface area contributed by atoms with Crippen LogP contribution in [0, 0.1) is 11.8 Å². The minimum Gasteiger partial charge on any atom is -0.455 e. The van der Waals surface area contributed by atoms with Gasteiger partial charge >= 0.3 is 5.91 Å². The second-order valence-corrected chi connectivity index (χ2v) is 8.62. The van der Waals surface area contributed by atoms with Crippen molar-refractivity contribution in [2.75, 3.05) is 0 Å². The van der Waals surface area contributed by atoms with Crippen molar-refractivity contribution < 1.29 is 14.3 Å². The normalized spacial score (nSPS) is 26.1. The Labute approximate surface area is 165 Å². The third kappa shape index (κ3) is 3.45. The van der Waals surface area contributed by atoms with Gasteiger partial charge < -0.3 is 9.47 Å². The maximum Gasteiger partial charge on any atom is 0.303 e. The van der Waals surface area contributed by atoms with Crippen LogP contribution in [-0.4, -0.2) is 12.2 Å². The molecule has 2 aliphatic carbocycles. The number of hydrazine groups is 1. The fraction of sp³-hybridized carbons (Fsp3) is 0.667. The number of halogens is 1. The molecular weight excluding hydrogens is 364 g/mol. The lowest BCUT2D eigenvalue weighted by Crippen LogP contribution is -2.56. The van der Waals surface area contributed by atoms with Gasteiger partial charge in [0.2, 0.25) is 0 Å². The first-order valence-corrected chi connectivity index (χ1v) is 10.7. The molecule has 148 valence electrons. The smallest absolute Gasteiger partial charge is 0.303 e. The SMILES string of the molecule is NNC(=O)C1Oc2ccc(Cl)cc2C(C2CCCCC2)(C2CCCCC2)O1. The highest BCUT2D eigenvalue weighted by Gasteiger charge is 2.54. The van der Waals surface area contributed by atoms with Gasteiger partial charge in [-0.1, -0.05) is 50.1 Å². The number of carbonyl (C=O) groups excluding carboxylic acids is 1. The molecule has 0 saturated heterocycles. The summed E-state index contributed by atoms with van der Waals surface area (Å²) in [5.41, 5.74) is 2.70. The second-order valence-electron chi connectivity index (χ2n) is 8.18. The number of nitrogens with two attached hydrogens (primary N) is 1. The zero-order chi connectivity index (χ0) is 18.9. The molecule has 27 heavy (non-hydrogen) atoms. The number of ether oxygens (including phenoxy) is 2. The number of rotatable bonds is 3. The Morgan fingerprint density at radius 3 is 2.19 bits per heavy atom. The van der Waals surface area contributed by atoms with Gasteiger partial charge in [-0.25, -0.2) is 5.84 Å². The Bertz CT molecular complexity index is 666. The van der Waals surface area contributed by atoms with E-state index in [1.54, 1.807) is 0 Å². The molecule has 2 fully saturated rings. The summed E-state index contributed by atoms with van der Waals surface area (Å²) >= 11 is 6.40. The van der Waals surface area contributed by atoms with E-state index in [2.05, 4.69) is 5.43 Å². The van der Waals surface area contributed by atoms with Gasteiger partial charge in [-0.3, -0.25) is 10.2 Å². The third-order valence-electron chi connectivity index (χ3n) is 6.68. The van der Waals surface area contributed by atoms with Gasteiger partial charge in [-0.2, -0.15) is 0 Å². The van der Waals surface area contributed by atoms with Crippen LogP contribution >= 0.6 is 11.6 Å². The van der Waals surface area contributed by atoms with Gasteiger partial charge in [0, 0.05) is 10.6 Å². The number of nitrogens with one attached hydrogen (secondary N) is 1. The van der Waals surface area contributed by atoms with Crippen molar-refractivity contribution in [1.29, 1.82) is 0 Å². The zero-order valence-electron chi connectivity index (χ0n) is 15.7. The van der Waals surface area contributed by atoms with E-state index < -0.39 is 17.8 Å². The van der Waals surface area contributed by atoms with Crippen LogP contribution in [0.15, 0.2) is 18.2 Å². The molecule has 4 rings (SSSR count). The molecule has 6 heteroatoms. The summed E-state index contributed by atoms with van der Waals surface area (Å²) < 4.78 is 12.5. The van der Waals surface area contributed by atoms with Crippen LogP contribution < -0.4 is 16.0 Å². The van der Waals surface area contributed by atoms with Crippen LogP contribution in [0.2, 0.25) is 5.02 Å². The molecule has 0 aromatic heterocycles. The Morgan fingerprint density at radius 2 is 1.63 bits per heavy atom. The molecule has 1 amide bonds. The standard InChI is InChI=1S/C21H29ClN2O3/c22-16-11-12-18-17(13-16)21(14-7-3-1-4-8-14,15-9-5-2-6-10-15)27-20(26-18)19(25)24-23/h11-15,20H,1-10,23H2,(H,24,25). The Hall–Kier alpha value is -1.30. The third-order valence-corrected chi connectivity index (χ3v) is 6.91. The summed E-state index contributed by atoms with van der Waals surface area (Å²) in [5.74, 6) is 6.41. The fourth-order valence-corrected chi connectivity index (χ4v) is 5.67. The molecule has 2 saturated carbocycles. The van der Waals surface area contributed by atoms with Gasteiger partial charge in [0.15, 0.2) is 0 Å². The van der Waals surface area contributed by atoms with Crippen molar-refractivity contribution in [1.82, 2.24) is 5.43 Å². The van der Waals surface area contributed by atoms with Crippen molar-refractivity contribution in [3.63, 3.8) is 0 Å². The van der Waals surface area contributed by atoms with Crippen molar-refractivity contribution in [3.05, 3.63) is 28.8 Å². The Kier molecular flexibility index (Phi) is 5.62. The Morgan fingerprint density at radius 1 is 1.04 bits per heavy atom. The van der Waals surface area contributed by atoms with Crippen LogP contribution in [0.4, 0.5) is 0 Å². The zero-order valence-corrected chi connectivity index (χ0v) is 16.5. The maximum absolute atomic E-state index is 12.4. The predicted molar refractivity (Wildman–Crippen MR) is 104 cm³/mol. The van der Waals surface area contributed by atoms with Crippen LogP contribution in [0.5, 0.6) is 5.75 Å². The van der Waals surface area contributed by atoms with E-state index in [0.29, 0.717) is 22.6 Å². The van der Waals surface area contributed by atoms with E-state index >= 15 is 0 Å². The maximum atomic E-state index is 12.4. The molecule has 0 radical (unpaired) electrons. The predicted octanol–water partition coefficient (Wildman–Crippen LogP) is 4.42. The second kappa shape index (κ2) is 7.98. The number of hydrogen-bond donors (Lipinski definition) is 2. The van der Waals surface area contributed by atoms with E-state index in [9.17, 15) is 4.79 Å². The molecule has 3 N–H and O–H groups in total. The number of carbonyl (C=O) groups is 1. The van der Waals surface area contributed by atoms with Crippen molar-refractivity contribution in [2.45, 2.75) is 76.1 Å². The monoisotopic (exact) mass is 392 g/mol. The van der Waals surface area contributed by atoms with Crippen molar-refractivity contribution in [2.24, 2.45) is 17.7 Å². The average molecular weight is 393 g/mol. The molecule has 1 aliphatic heterocycles. The van der Waals surface area contributed by atoms with Gasteiger partial charge in [-0.15, -0.1) is 0 Å². The average Bonchev–Trinajstić information content (AvgIpc) is 2.73. The lowest BCUT2D eigenvalue weighted by Gasteiger charge is -2.52. The number of fused-ring (bicyclic) bond motifs is 1. The molecule has 0 spiro atoms. The molecule has 1 atom stereocenters. The number of benzene rings is 1. The molecule has 5 nitrogen and oxygen atoms in total. The molecule has 1 aromatic rings. The minimum absolute atomic E-state index is 0.364. The fourth-order valence-electron chi connectivity index (χ4n) is 5.49. The Balaban J connectivity index is 1.85.